The largest absolute Gasteiger partial charge is 0.365 e. The van der Waals surface area contributed by atoms with Crippen LogP contribution in [0.2, 0.25) is 0 Å². The molecule has 1 unspecified atom stereocenters. The van der Waals surface area contributed by atoms with E-state index in [1.165, 1.54) is 27.6 Å². The zero-order valence-corrected chi connectivity index (χ0v) is 18.0. The first kappa shape index (κ1) is 19.8. The van der Waals surface area contributed by atoms with Gasteiger partial charge in [0, 0.05) is 48.9 Å². The van der Waals surface area contributed by atoms with E-state index < -0.39 is 0 Å². The van der Waals surface area contributed by atoms with E-state index in [0.717, 1.165) is 57.1 Å². The predicted molar refractivity (Wildman–Crippen MR) is 124 cm³/mol. The lowest BCUT2D eigenvalue weighted by Gasteiger charge is -2.34. The molecule has 0 saturated carbocycles. The maximum absolute atomic E-state index is 9.10. The van der Waals surface area contributed by atoms with Crippen LogP contribution in [0.4, 0.5) is 11.5 Å². The van der Waals surface area contributed by atoms with Gasteiger partial charge in [-0.1, -0.05) is 30.3 Å². The summed E-state index contributed by atoms with van der Waals surface area (Å²) in [7, 11) is 0. The molecule has 0 aliphatic carbocycles. The molecule has 3 heterocycles. The third-order valence-corrected chi connectivity index (χ3v) is 6.53. The predicted octanol–water partition coefficient (Wildman–Crippen LogP) is 3.58. The first-order valence-electron chi connectivity index (χ1n) is 11.2. The fourth-order valence-electron chi connectivity index (χ4n) is 5.05. The molecule has 158 valence electrons. The van der Waals surface area contributed by atoms with Crippen LogP contribution in [0, 0.1) is 18.3 Å². The summed E-state index contributed by atoms with van der Waals surface area (Å²) in [5.41, 5.74) is 5.01. The third-order valence-electron chi connectivity index (χ3n) is 6.53. The molecule has 0 bridgehead atoms. The van der Waals surface area contributed by atoms with Gasteiger partial charge in [-0.05, 0) is 36.8 Å². The molecule has 6 heteroatoms. The zero-order valence-electron chi connectivity index (χ0n) is 18.0. The molecule has 1 saturated heterocycles. The Labute approximate surface area is 183 Å². The molecule has 31 heavy (non-hydrogen) atoms. The number of rotatable bonds is 3. The molecule has 0 amide bonds. The van der Waals surface area contributed by atoms with Crippen LogP contribution in [0.3, 0.4) is 0 Å². The van der Waals surface area contributed by atoms with Gasteiger partial charge in [-0.3, -0.25) is 0 Å². The van der Waals surface area contributed by atoms with Gasteiger partial charge in [0.05, 0.1) is 24.7 Å². The number of nitriles is 1. The Morgan fingerprint density at radius 2 is 2.00 bits per heavy atom. The summed E-state index contributed by atoms with van der Waals surface area (Å²) in [6, 6.07) is 15.6. The minimum atomic E-state index is 0.199. The molecule has 3 aromatic rings. The van der Waals surface area contributed by atoms with Gasteiger partial charge in [0.25, 0.3) is 0 Å². The van der Waals surface area contributed by atoms with Crippen molar-refractivity contribution in [3.05, 3.63) is 59.5 Å². The monoisotopic (exact) mass is 412 g/mol. The Kier molecular flexibility index (Phi) is 5.44. The Morgan fingerprint density at radius 3 is 2.87 bits per heavy atom. The lowest BCUT2D eigenvalue weighted by molar-refractivity contribution is 0.459. The van der Waals surface area contributed by atoms with Crippen molar-refractivity contribution in [2.24, 2.45) is 0 Å². The van der Waals surface area contributed by atoms with Gasteiger partial charge in [-0.15, -0.1) is 0 Å². The lowest BCUT2D eigenvalue weighted by atomic mass is 10.0. The minimum Gasteiger partial charge on any atom is -0.365 e. The second-order valence-electron chi connectivity index (χ2n) is 8.56. The second-order valence-corrected chi connectivity index (χ2v) is 8.56. The van der Waals surface area contributed by atoms with Crippen molar-refractivity contribution in [3.63, 3.8) is 0 Å². The summed E-state index contributed by atoms with van der Waals surface area (Å²) >= 11 is 0. The highest BCUT2D eigenvalue weighted by atomic mass is 15.3. The number of nitrogens with zero attached hydrogens (tertiary/aromatic N) is 5. The Balaban J connectivity index is 1.48. The number of hydrogen-bond donors (Lipinski definition) is 1. The quantitative estimate of drug-likeness (QED) is 0.709. The van der Waals surface area contributed by atoms with Crippen molar-refractivity contribution < 1.29 is 0 Å². The van der Waals surface area contributed by atoms with Crippen LogP contribution in [0.1, 0.15) is 29.7 Å². The number of fused-ring (bicyclic) bond motifs is 2. The number of hydrogen-bond acceptors (Lipinski definition) is 6. The minimum absolute atomic E-state index is 0.199. The van der Waals surface area contributed by atoms with Crippen molar-refractivity contribution in [3.8, 4) is 6.07 Å². The highest BCUT2D eigenvalue weighted by Gasteiger charge is 2.26. The normalized spacial score (nSPS) is 19.0. The molecule has 1 N–H and O–H groups in total. The molecule has 0 spiro atoms. The van der Waals surface area contributed by atoms with E-state index in [0.29, 0.717) is 6.42 Å². The SMILES string of the molecule is Cc1cccc2cccc(N3CCCc4c(ncnc4N4CCNC(CC#N)C4)C3)c12. The maximum atomic E-state index is 9.10. The van der Waals surface area contributed by atoms with E-state index in [1.807, 2.05) is 0 Å². The molecule has 2 aliphatic heterocycles. The molecule has 2 aliphatic rings. The number of anilines is 2. The third kappa shape index (κ3) is 3.82. The standard InChI is InChI=1S/C25H28N6/c1-18-5-2-6-19-7-3-9-23(24(18)19)30-13-4-8-21-22(16-30)28-17-29-25(21)31-14-12-27-20(15-31)10-11-26/h2-3,5-7,9,17,20,27H,4,8,10,12-16H2,1H3. The van der Waals surface area contributed by atoms with E-state index in [-0.39, 0.29) is 6.04 Å². The summed E-state index contributed by atoms with van der Waals surface area (Å²) in [5.74, 6) is 1.06. The fraction of sp³-hybridized carbons (Fsp3) is 0.400. The zero-order chi connectivity index (χ0) is 21.2. The molecule has 0 radical (unpaired) electrons. The molecule has 1 atom stereocenters. The first-order chi connectivity index (χ1) is 15.2. The number of benzene rings is 2. The average Bonchev–Trinajstić information content (AvgIpc) is 3.02. The molecular formula is C25H28N6. The van der Waals surface area contributed by atoms with Crippen LogP contribution >= 0.6 is 0 Å². The van der Waals surface area contributed by atoms with Gasteiger partial charge < -0.3 is 15.1 Å². The number of piperazine rings is 1. The summed E-state index contributed by atoms with van der Waals surface area (Å²) in [6.07, 6.45) is 4.30. The van der Waals surface area contributed by atoms with Gasteiger partial charge in [0.15, 0.2) is 0 Å². The van der Waals surface area contributed by atoms with Crippen LogP contribution in [0.15, 0.2) is 42.7 Å². The van der Waals surface area contributed by atoms with Gasteiger partial charge in [0.2, 0.25) is 0 Å². The average molecular weight is 413 g/mol. The Bertz CT molecular complexity index is 1130. The van der Waals surface area contributed by atoms with E-state index in [2.05, 4.69) is 64.5 Å². The second kappa shape index (κ2) is 8.52. The summed E-state index contributed by atoms with van der Waals surface area (Å²) in [4.78, 5) is 14.2. The molecule has 6 nitrogen and oxygen atoms in total. The smallest absolute Gasteiger partial charge is 0.135 e. The van der Waals surface area contributed by atoms with E-state index >= 15 is 0 Å². The van der Waals surface area contributed by atoms with Crippen molar-refractivity contribution in [2.45, 2.75) is 38.8 Å². The van der Waals surface area contributed by atoms with Gasteiger partial charge in [-0.2, -0.15) is 5.26 Å². The Hall–Kier alpha value is -3.17. The number of nitrogens with one attached hydrogen (secondary N) is 1. The molecular weight excluding hydrogens is 384 g/mol. The van der Waals surface area contributed by atoms with Gasteiger partial charge in [0.1, 0.15) is 12.1 Å². The molecule has 2 aromatic carbocycles. The van der Waals surface area contributed by atoms with Crippen molar-refractivity contribution in [1.29, 1.82) is 5.26 Å². The number of aryl methyl sites for hydroxylation is 1. The lowest BCUT2D eigenvalue weighted by Crippen LogP contribution is -2.51. The highest BCUT2D eigenvalue weighted by molar-refractivity contribution is 5.96. The molecule has 1 fully saturated rings. The van der Waals surface area contributed by atoms with Crippen molar-refractivity contribution in [1.82, 2.24) is 15.3 Å². The summed E-state index contributed by atoms with van der Waals surface area (Å²) in [6.45, 7) is 6.61. The fourth-order valence-corrected chi connectivity index (χ4v) is 5.05. The van der Waals surface area contributed by atoms with Gasteiger partial charge in [-0.25, -0.2) is 9.97 Å². The molecule has 1 aromatic heterocycles. The van der Waals surface area contributed by atoms with E-state index in [9.17, 15) is 0 Å². The number of aromatic nitrogens is 2. The summed E-state index contributed by atoms with van der Waals surface area (Å²) < 4.78 is 0. The van der Waals surface area contributed by atoms with Crippen LogP contribution in [0.25, 0.3) is 10.8 Å². The van der Waals surface area contributed by atoms with E-state index in [4.69, 9.17) is 15.2 Å². The van der Waals surface area contributed by atoms with Crippen LogP contribution in [-0.4, -0.2) is 42.2 Å². The highest BCUT2D eigenvalue weighted by Crippen LogP contribution is 2.33. The Morgan fingerprint density at radius 1 is 1.13 bits per heavy atom. The molecule has 5 rings (SSSR count). The first-order valence-corrected chi connectivity index (χ1v) is 11.2. The van der Waals surface area contributed by atoms with Crippen LogP contribution in [-0.2, 0) is 13.0 Å². The van der Waals surface area contributed by atoms with Crippen molar-refractivity contribution in [2.75, 3.05) is 36.0 Å². The van der Waals surface area contributed by atoms with Crippen LogP contribution in [0.5, 0.6) is 0 Å². The van der Waals surface area contributed by atoms with Crippen molar-refractivity contribution >= 4 is 22.3 Å². The van der Waals surface area contributed by atoms with Gasteiger partial charge >= 0.3 is 0 Å². The maximum Gasteiger partial charge on any atom is 0.135 e. The van der Waals surface area contributed by atoms with E-state index in [1.54, 1.807) is 6.33 Å². The van der Waals surface area contributed by atoms with Crippen LogP contribution < -0.4 is 15.1 Å². The topological polar surface area (TPSA) is 68.1 Å². The summed E-state index contributed by atoms with van der Waals surface area (Å²) in [5, 5.41) is 15.2.